The Kier molecular flexibility index (Phi) is 3.37. The summed E-state index contributed by atoms with van der Waals surface area (Å²) in [4.78, 5) is 11.2. The Morgan fingerprint density at radius 2 is 2.36 bits per heavy atom. The molecule has 11 heavy (non-hydrogen) atoms. The van der Waals surface area contributed by atoms with Gasteiger partial charge in [0.2, 0.25) is 5.91 Å². The molecule has 0 aromatic heterocycles. The molecule has 0 saturated heterocycles. The molecule has 1 saturated carbocycles. The molecule has 0 aromatic carbocycles. The van der Waals surface area contributed by atoms with Gasteiger partial charge in [-0.25, -0.2) is 0 Å². The number of hydrogen-bond donors (Lipinski definition) is 1. The summed E-state index contributed by atoms with van der Waals surface area (Å²) in [5.74, 6) is 0.589. The smallest absolute Gasteiger partial charge is 0.223 e. The minimum absolute atomic E-state index is 0.249. The van der Waals surface area contributed by atoms with E-state index in [2.05, 4.69) is 21.2 Å². The first-order valence-electron chi connectivity index (χ1n) is 4.10. The Hall–Kier alpha value is -0.0500. The fourth-order valence-corrected chi connectivity index (χ4v) is 1.63. The van der Waals surface area contributed by atoms with Gasteiger partial charge >= 0.3 is 0 Å². The van der Waals surface area contributed by atoms with Gasteiger partial charge in [0.05, 0.1) is 0 Å². The van der Waals surface area contributed by atoms with Crippen LogP contribution in [0.3, 0.4) is 0 Å². The molecule has 1 fully saturated rings. The second kappa shape index (κ2) is 4.10. The van der Waals surface area contributed by atoms with Crippen LogP contribution in [0.2, 0.25) is 0 Å². The summed E-state index contributed by atoms with van der Waals surface area (Å²) in [6.45, 7) is 2.04. The van der Waals surface area contributed by atoms with E-state index in [0.717, 1.165) is 24.6 Å². The number of nitrogens with one attached hydrogen (secondary N) is 1. The Bertz CT molecular complexity index is 145. The van der Waals surface area contributed by atoms with Crippen LogP contribution in [-0.2, 0) is 4.79 Å². The summed E-state index contributed by atoms with van der Waals surface area (Å²) in [5.41, 5.74) is 0. The van der Waals surface area contributed by atoms with Crippen LogP contribution in [0, 0.1) is 5.92 Å². The zero-order chi connectivity index (χ0) is 8.27. The highest BCUT2D eigenvalue weighted by molar-refractivity contribution is 9.09. The van der Waals surface area contributed by atoms with E-state index in [1.54, 1.807) is 0 Å². The van der Waals surface area contributed by atoms with E-state index in [1.807, 2.05) is 6.92 Å². The van der Waals surface area contributed by atoms with Gasteiger partial charge in [-0.3, -0.25) is 4.79 Å². The second-order valence-electron chi connectivity index (χ2n) is 3.16. The van der Waals surface area contributed by atoms with Gasteiger partial charge in [-0.2, -0.15) is 0 Å². The molecular formula is C8H14BrNO. The van der Waals surface area contributed by atoms with Crippen LogP contribution in [0.5, 0.6) is 0 Å². The molecule has 1 unspecified atom stereocenters. The van der Waals surface area contributed by atoms with Gasteiger partial charge in [0.15, 0.2) is 0 Å². The standard InChI is InChI=1S/C8H14BrNO/c1-6(4-5-9)10-8(11)7-2-3-7/h6-7H,2-5H2,1H3,(H,10,11). The molecule has 0 spiro atoms. The van der Waals surface area contributed by atoms with Crippen molar-refractivity contribution >= 4 is 21.8 Å². The third-order valence-corrected chi connectivity index (χ3v) is 2.34. The van der Waals surface area contributed by atoms with E-state index in [4.69, 9.17) is 0 Å². The zero-order valence-electron chi connectivity index (χ0n) is 6.77. The van der Waals surface area contributed by atoms with Crippen molar-refractivity contribution in [1.82, 2.24) is 5.32 Å². The number of amides is 1. The normalized spacial score (nSPS) is 19.5. The third kappa shape index (κ3) is 3.23. The maximum Gasteiger partial charge on any atom is 0.223 e. The lowest BCUT2D eigenvalue weighted by atomic mass is 10.2. The maximum atomic E-state index is 11.2. The highest BCUT2D eigenvalue weighted by atomic mass is 79.9. The molecule has 1 amide bonds. The molecule has 64 valence electrons. The fourth-order valence-electron chi connectivity index (χ4n) is 0.942. The first kappa shape index (κ1) is 9.04. The fraction of sp³-hybridized carbons (Fsp3) is 0.875. The number of carbonyl (C=O) groups is 1. The topological polar surface area (TPSA) is 29.1 Å². The lowest BCUT2D eigenvalue weighted by Crippen LogP contribution is -2.33. The highest BCUT2D eigenvalue weighted by Gasteiger charge is 2.29. The SMILES string of the molecule is CC(CCBr)NC(=O)C1CC1. The molecule has 1 atom stereocenters. The number of rotatable bonds is 4. The predicted octanol–water partition coefficient (Wildman–Crippen LogP) is 1.69. The van der Waals surface area contributed by atoms with Crippen LogP contribution < -0.4 is 5.32 Å². The van der Waals surface area contributed by atoms with Gasteiger partial charge in [-0.1, -0.05) is 15.9 Å². The van der Waals surface area contributed by atoms with E-state index >= 15 is 0 Å². The first-order valence-corrected chi connectivity index (χ1v) is 5.22. The Morgan fingerprint density at radius 3 is 2.82 bits per heavy atom. The maximum absolute atomic E-state index is 11.2. The highest BCUT2D eigenvalue weighted by Crippen LogP contribution is 2.28. The summed E-state index contributed by atoms with van der Waals surface area (Å²) in [5, 5.41) is 3.93. The van der Waals surface area contributed by atoms with Crippen LogP contribution in [0.15, 0.2) is 0 Å². The summed E-state index contributed by atoms with van der Waals surface area (Å²) >= 11 is 3.34. The van der Waals surface area contributed by atoms with Crippen LogP contribution >= 0.6 is 15.9 Å². The predicted molar refractivity (Wildman–Crippen MR) is 48.7 cm³/mol. The molecule has 1 rings (SSSR count). The number of carbonyl (C=O) groups excluding carboxylic acids is 1. The zero-order valence-corrected chi connectivity index (χ0v) is 8.36. The first-order chi connectivity index (χ1) is 5.24. The molecule has 0 bridgehead atoms. The Labute approximate surface area is 75.9 Å². The molecule has 0 radical (unpaired) electrons. The van der Waals surface area contributed by atoms with Gasteiger partial charge in [0.25, 0.3) is 0 Å². The van der Waals surface area contributed by atoms with Gasteiger partial charge < -0.3 is 5.32 Å². The van der Waals surface area contributed by atoms with E-state index in [0.29, 0.717) is 12.0 Å². The van der Waals surface area contributed by atoms with Gasteiger partial charge in [0.1, 0.15) is 0 Å². The van der Waals surface area contributed by atoms with Crippen molar-refractivity contribution in [3.63, 3.8) is 0 Å². The van der Waals surface area contributed by atoms with Crippen molar-refractivity contribution < 1.29 is 4.79 Å². The van der Waals surface area contributed by atoms with Crippen molar-refractivity contribution in [1.29, 1.82) is 0 Å². The van der Waals surface area contributed by atoms with Crippen molar-refractivity contribution in [3.8, 4) is 0 Å². The Balaban J connectivity index is 2.12. The van der Waals surface area contributed by atoms with Gasteiger partial charge in [0, 0.05) is 17.3 Å². The molecule has 2 nitrogen and oxygen atoms in total. The van der Waals surface area contributed by atoms with E-state index in [-0.39, 0.29) is 5.91 Å². The molecule has 0 heterocycles. The second-order valence-corrected chi connectivity index (χ2v) is 3.95. The molecule has 3 heteroatoms. The average Bonchev–Trinajstić information content (AvgIpc) is 2.67. The third-order valence-electron chi connectivity index (χ3n) is 1.88. The summed E-state index contributed by atoms with van der Waals surface area (Å²) in [6.07, 6.45) is 3.19. The van der Waals surface area contributed by atoms with E-state index in [1.165, 1.54) is 0 Å². The summed E-state index contributed by atoms with van der Waals surface area (Å²) in [6, 6.07) is 0.322. The lowest BCUT2D eigenvalue weighted by molar-refractivity contribution is -0.122. The van der Waals surface area contributed by atoms with E-state index < -0.39 is 0 Å². The van der Waals surface area contributed by atoms with Crippen molar-refractivity contribution in [2.45, 2.75) is 32.2 Å². The largest absolute Gasteiger partial charge is 0.353 e. The average molecular weight is 220 g/mol. The van der Waals surface area contributed by atoms with Crippen LogP contribution in [0.4, 0.5) is 0 Å². The number of hydrogen-bond acceptors (Lipinski definition) is 1. The monoisotopic (exact) mass is 219 g/mol. The molecule has 0 aliphatic heterocycles. The van der Waals surface area contributed by atoms with Crippen LogP contribution in [0.25, 0.3) is 0 Å². The quantitative estimate of drug-likeness (QED) is 0.717. The minimum Gasteiger partial charge on any atom is -0.353 e. The van der Waals surface area contributed by atoms with Crippen LogP contribution in [0.1, 0.15) is 26.2 Å². The molecule has 1 aliphatic rings. The molecule has 1 N–H and O–H groups in total. The lowest BCUT2D eigenvalue weighted by Gasteiger charge is -2.11. The van der Waals surface area contributed by atoms with Crippen molar-refractivity contribution in [2.75, 3.05) is 5.33 Å². The van der Waals surface area contributed by atoms with Crippen LogP contribution in [-0.4, -0.2) is 17.3 Å². The van der Waals surface area contributed by atoms with E-state index in [9.17, 15) is 4.79 Å². The van der Waals surface area contributed by atoms with Gasteiger partial charge in [-0.05, 0) is 26.2 Å². The van der Waals surface area contributed by atoms with Crippen molar-refractivity contribution in [3.05, 3.63) is 0 Å². The summed E-state index contributed by atoms with van der Waals surface area (Å²) < 4.78 is 0. The minimum atomic E-state index is 0.249. The summed E-state index contributed by atoms with van der Waals surface area (Å²) in [7, 11) is 0. The Morgan fingerprint density at radius 1 is 1.73 bits per heavy atom. The van der Waals surface area contributed by atoms with Gasteiger partial charge in [-0.15, -0.1) is 0 Å². The van der Waals surface area contributed by atoms with Crippen molar-refractivity contribution in [2.24, 2.45) is 5.92 Å². The number of halogens is 1. The molecule has 0 aromatic rings. The number of alkyl halides is 1. The molecule has 1 aliphatic carbocycles. The molecular weight excluding hydrogens is 206 g/mol.